The Morgan fingerprint density at radius 3 is 2.75 bits per heavy atom. The van der Waals surface area contributed by atoms with Crippen LogP contribution in [0.3, 0.4) is 0 Å². The molecule has 2 heterocycles. The van der Waals surface area contributed by atoms with Gasteiger partial charge in [-0.05, 0) is 23.7 Å². The van der Waals surface area contributed by atoms with Crippen LogP contribution >= 0.6 is 11.6 Å². The molecular formula is C9H7ClFN5. The van der Waals surface area contributed by atoms with Crippen LogP contribution in [0.2, 0.25) is 5.28 Å². The summed E-state index contributed by atoms with van der Waals surface area (Å²) >= 11 is 5.60. The number of nitrogens with one attached hydrogen (secondary N) is 1. The molecule has 2 rings (SSSR count). The molecule has 0 amide bonds. The van der Waals surface area contributed by atoms with E-state index in [9.17, 15) is 4.39 Å². The molecule has 2 aromatic rings. The quantitative estimate of drug-likeness (QED) is 0.826. The van der Waals surface area contributed by atoms with Gasteiger partial charge in [0, 0.05) is 12.4 Å². The zero-order valence-electron chi connectivity index (χ0n) is 8.06. The lowest BCUT2D eigenvalue weighted by Crippen LogP contribution is -2.05. The standard InChI is InChI=1S/C9H7ClFN5/c10-8-12-4-2-7(16-8)14-5-6-1-3-13-9(11)15-6/h1-4H,5H2,(H,12,14,16). The molecule has 0 aliphatic heterocycles. The Bertz CT molecular complexity index is 447. The highest BCUT2D eigenvalue weighted by molar-refractivity contribution is 6.28. The lowest BCUT2D eigenvalue weighted by atomic mass is 10.4. The molecule has 0 spiro atoms. The lowest BCUT2D eigenvalue weighted by molar-refractivity contribution is 0.533. The summed E-state index contributed by atoms with van der Waals surface area (Å²) in [5, 5.41) is 3.09. The molecule has 5 nitrogen and oxygen atoms in total. The summed E-state index contributed by atoms with van der Waals surface area (Å²) in [5.74, 6) is 0.555. The second-order valence-electron chi connectivity index (χ2n) is 2.88. The van der Waals surface area contributed by atoms with Crippen LogP contribution in [0.1, 0.15) is 5.69 Å². The van der Waals surface area contributed by atoms with Crippen molar-refractivity contribution in [1.82, 2.24) is 19.9 Å². The maximum Gasteiger partial charge on any atom is 0.308 e. The van der Waals surface area contributed by atoms with Gasteiger partial charge in [0.2, 0.25) is 5.28 Å². The van der Waals surface area contributed by atoms with Crippen LogP contribution < -0.4 is 5.32 Å². The van der Waals surface area contributed by atoms with Gasteiger partial charge in [-0.1, -0.05) is 0 Å². The Labute approximate surface area is 95.8 Å². The van der Waals surface area contributed by atoms with Gasteiger partial charge in [0.1, 0.15) is 5.82 Å². The van der Waals surface area contributed by atoms with E-state index in [-0.39, 0.29) is 5.28 Å². The minimum atomic E-state index is -0.750. The lowest BCUT2D eigenvalue weighted by Gasteiger charge is -2.04. The molecule has 0 saturated carbocycles. The first-order valence-electron chi connectivity index (χ1n) is 4.44. The van der Waals surface area contributed by atoms with E-state index in [1.165, 1.54) is 12.4 Å². The van der Waals surface area contributed by atoms with E-state index < -0.39 is 6.08 Å². The van der Waals surface area contributed by atoms with Gasteiger partial charge in [-0.25, -0.2) is 19.9 Å². The number of rotatable bonds is 3. The van der Waals surface area contributed by atoms with Crippen molar-refractivity contribution in [3.05, 3.63) is 41.6 Å². The molecule has 0 unspecified atom stereocenters. The fraction of sp³-hybridized carbons (Fsp3) is 0.111. The van der Waals surface area contributed by atoms with Gasteiger partial charge in [0.05, 0.1) is 12.2 Å². The third kappa shape index (κ3) is 2.83. The molecule has 2 aromatic heterocycles. The Hall–Kier alpha value is -1.82. The number of hydrogen-bond acceptors (Lipinski definition) is 5. The van der Waals surface area contributed by atoms with Crippen molar-refractivity contribution in [2.24, 2.45) is 0 Å². The highest BCUT2D eigenvalue weighted by Gasteiger charge is 1.99. The third-order valence-corrected chi connectivity index (χ3v) is 1.94. The fourth-order valence-electron chi connectivity index (χ4n) is 1.08. The largest absolute Gasteiger partial charge is 0.364 e. The average molecular weight is 240 g/mol. The number of hydrogen-bond donors (Lipinski definition) is 1. The topological polar surface area (TPSA) is 63.6 Å². The minimum absolute atomic E-state index is 0.152. The number of halogens is 2. The molecule has 0 bridgehead atoms. The van der Waals surface area contributed by atoms with E-state index in [2.05, 4.69) is 25.3 Å². The van der Waals surface area contributed by atoms with Crippen LogP contribution in [-0.4, -0.2) is 19.9 Å². The maximum atomic E-state index is 12.7. The second-order valence-corrected chi connectivity index (χ2v) is 3.22. The summed E-state index contributed by atoms with van der Waals surface area (Å²) in [7, 11) is 0. The van der Waals surface area contributed by atoms with Crippen LogP contribution in [0.4, 0.5) is 10.2 Å². The summed E-state index contributed by atoms with van der Waals surface area (Å²) in [5.41, 5.74) is 0.530. The van der Waals surface area contributed by atoms with Crippen LogP contribution in [-0.2, 0) is 6.54 Å². The van der Waals surface area contributed by atoms with E-state index in [0.717, 1.165) is 0 Å². The summed E-state index contributed by atoms with van der Waals surface area (Å²) in [6.45, 7) is 0.340. The molecule has 1 N–H and O–H groups in total. The van der Waals surface area contributed by atoms with Crippen molar-refractivity contribution in [2.45, 2.75) is 6.54 Å². The van der Waals surface area contributed by atoms with E-state index in [1.54, 1.807) is 12.1 Å². The smallest absolute Gasteiger partial charge is 0.308 e. The van der Waals surface area contributed by atoms with Crippen molar-refractivity contribution in [3.63, 3.8) is 0 Å². The Balaban J connectivity index is 2.02. The summed E-state index contributed by atoms with van der Waals surface area (Å²) in [6.07, 6.45) is 2.13. The van der Waals surface area contributed by atoms with Crippen LogP contribution in [0, 0.1) is 6.08 Å². The average Bonchev–Trinajstić information content (AvgIpc) is 2.27. The molecule has 0 saturated heterocycles. The molecular weight excluding hydrogens is 233 g/mol. The van der Waals surface area contributed by atoms with E-state index in [0.29, 0.717) is 18.1 Å². The molecule has 0 fully saturated rings. The molecule has 0 atom stereocenters. The molecule has 0 aromatic carbocycles. The molecule has 0 radical (unpaired) electrons. The summed E-state index contributed by atoms with van der Waals surface area (Å²) in [4.78, 5) is 14.6. The molecule has 82 valence electrons. The first kappa shape index (κ1) is 10.7. The zero-order chi connectivity index (χ0) is 11.4. The predicted octanol–water partition coefficient (Wildman–Crippen LogP) is 1.67. The van der Waals surface area contributed by atoms with Crippen molar-refractivity contribution in [2.75, 3.05) is 5.32 Å². The summed E-state index contributed by atoms with van der Waals surface area (Å²) < 4.78 is 12.7. The third-order valence-electron chi connectivity index (χ3n) is 1.76. The van der Waals surface area contributed by atoms with Gasteiger partial charge < -0.3 is 5.32 Å². The van der Waals surface area contributed by atoms with Gasteiger partial charge in [-0.15, -0.1) is 0 Å². The van der Waals surface area contributed by atoms with Crippen LogP contribution in [0.15, 0.2) is 24.5 Å². The van der Waals surface area contributed by atoms with E-state index in [1.807, 2.05) is 0 Å². The summed E-state index contributed by atoms with van der Waals surface area (Å²) in [6, 6.07) is 3.27. The first-order valence-corrected chi connectivity index (χ1v) is 4.82. The maximum absolute atomic E-state index is 12.7. The monoisotopic (exact) mass is 239 g/mol. The van der Waals surface area contributed by atoms with Crippen LogP contribution in [0.25, 0.3) is 0 Å². The predicted molar refractivity (Wildman–Crippen MR) is 56.4 cm³/mol. The van der Waals surface area contributed by atoms with Gasteiger partial charge >= 0.3 is 6.08 Å². The van der Waals surface area contributed by atoms with Gasteiger partial charge in [0.25, 0.3) is 0 Å². The zero-order valence-corrected chi connectivity index (χ0v) is 8.82. The van der Waals surface area contributed by atoms with Crippen molar-refractivity contribution in [3.8, 4) is 0 Å². The van der Waals surface area contributed by atoms with Gasteiger partial charge in [-0.3, -0.25) is 0 Å². The van der Waals surface area contributed by atoms with Gasteiger partial charge in [-0.2, -0.15) is 4.39 Å². The SMILES string of the molecule is Fc1nccc(CNc2ccnc(Cl)n2)n1. The first-order chi connectivity index (χ1) is 7.74. The molecule has 16 heavy (non-hydrogen) atoms. The van der Waals surface area contributed by atoms with Gasteiger partial charge in [0.15, 0.2) is 0 Å². The van der Waals surface area contributed by atoms with Crippen molar-refractivity contribution >= 4 is 17.4 Å². The Morgan fingerprint density at radius 2 is 2.00 bits per heavy atom. The molecule has 0 aliphatic carbocycles. The molecule has 0 aliphatic rings. The Morgan fingerprint density at radius 1 is 1.19 bits per heavy atom. The highest BCUT2D eigenvalue weighted by Crippen LogP contribution is 2.07. The van der Waals surface area contributed by atoms with Crippen molar-refractivity contribution in [1.29, 1.82) is 0 Å². The minimum Gasteiger partial charge on any atom is -0.364 e. The number of nitrogens with zero attached hydrogens (tertiary/aromatic N) is 4. The van der Waals surface area contributed by atoms with E-state index >= 15 is 0 Å². The highest BCUT2D eigenvalue weighted by atomic mass is 35.5. The molecule has 7 heteroatoms. The number of anilines is 1. The number of aromatic nitrogens is 4. The fourth-order valence-corrected chi connectivity index (χ4v) is 1.23. The van der Waals surface area contributed by atoms with E-state index in [4.69, 9.17) is 11.6 Å². The second kappa shape index (κ2) is 4.80. The normalized spacial score (nSPS) is 10.1. The van der Waals surface area contributed by atoms with Crippen LogP contribution in [0.5, 0.6) is 0 Å². The Kier molecular flexibility index (Phi) is 3.21. The van der Waals surface area contributed by atoms with Crippen molar-refractivity contribution < 1.29 is 4.39 Å².